The Bertz CT molecular complexity index is 670. The highest BCUT2D eigenvalue weighted by atomic mass is 16.3. The highest BCUT2D eigenvalue weighted by molar-refractivity contribution is 5.75. The van der Waals surface area contributed by atoms with Crippen LogP contribution < -0.4 is 5.32 Å². The number of likely N-dealkylation sites (N-methyl/N-ethyl adjacent to an activating group) is 1. The van der Waals surface area contributed by atoms with Crippen molar-refractivity contribution < 1.29 is 4.42 Å². The van der Waals surface area contributed by atoms with Crippen LogP contribution in [-0.4, -0.2) is 16.6 Å². The van der Waals surface area contributed by atoms with Gasteiger partial charge in [0.1, 0.15) is 11.6 Å². The summed E-state index contributed by atoms with van der Waals surface area (Å²) in [6.07, 6.45) is 2.50. The number of hydrogen-bond donors (Lipinski definition) is 1. The first-order valence-electron chi connectivity index (χ1n) is 6.40. The van der Waals surface area contributed by atoms with Gasteiger partial charge in [-0.3, -0.25) is 0 Å². The lowest BCUT2D eigenvalue weighted by Crippen LogP contribution is -2.19. The molecule has 0 aliphatic heterocycles. The maximum absolute atomic E-state index is 5.47. The van der Waals surface area contributed by atoms with Gasteiger partial charge in [-0.25, -0.2) is 4.98 Å². The zero-order chi connectivity index (χ0) is 13.2. The standard InChI is InChI=1S/C15H17N3O/c1-16-12(14-8-5-9-19-14)10-15-17-11-6-3-4-7-13(11)18(15)2/h3-9,12,16H,10H2,1-2H3. The number of benzene rings is 1. The van der Waals surface area contributed by atoms with E-state index in [4.69, 9.17) is 9.40 Å². The molecule has 4 nitrogen and oxygen atoms in total. The Morgan fingerprint density at radius 2 is 2.11 bits per heavy atom. The van der Waals surface area contributed by atoms with E-state index in [9.17, 15) is 0 Å². The van der Waals surface area contributed by atoms with Gasteiger partial charge in [-0.15, -0.1) is 0 Å². The van der Waals surface area contributed by atoms with Gasteiger partial charge in [0.05, 0.1) is 23.3 Å². The predicted molar refractivity (Wildman–Crippen MR) is 74.9 cm³/mol. The van der Waals surface area contributed by atoms with Gasteiger partial charge in [0.2, 0.25) is 0 Å². The molecule has 3 rings (SSSR count). The Kier molecular flexibility index (Phi) is 3.09. The maximum atomic E-state index is 5.47. The predicted octanol–water partition coefficient (Wildman–Crippen LogP) is 2.67. The molecule has 1 N–H and O–H groups in total. The van der Waals surface area contributed by atoms with Crippen LogP contribution in [0.15, 0.2) is 47.1 Å². The molecular weight excluding hydrogens is 238 g/mol. The van der Waals surface area contributed by atoms with Crippen molar-refractivity contribution in [3.05, 3.63) is 54.2 Å². The minimum atomic E-state index is 0.144. The molecule has 0 aliphatic carbocycles. The molecule has 0 fully saturated rings. The number of para-hydroxylation sites is 2. The monoisotopic (exact) mass is 255 g/mol. The third-order valence-corrected chi connectivity index (χ3v) is 3.50. The smallest absolute Gasteiger partial charge is 0.121 e. The van der Waals surface area contributed by atoms with Gasteiger partial charge in [-0.1, -0.05) is 12.1 Å². The van der Waals surface area contributed by atoms with Crippen LogP contribution in [0.4, 0.5) is 0 Å². The fraction of sp³-hybridized carbons (Fsp3) is 0.267. The number of fused-ring (bicyclic) bond motifs is 1. The average Bonchev–Trinajstić information content (AvgIpc) is 3.06. The zero-order valence-corrected chi connectivity index (χ0v) is 11.1. The summed E-state index contributed by atoms with van der Waals surface area (Å²) < 4.78 is 7.61. The van der Waals surface area contributed by atoms with E-state index >= 15 is 0 Å². The van der Waals surface area contributed by atoms with Crippen molar-refractivity contribution in [2.75, 3.05) is 7.05 Å². The summed E-state index contributed by atoms with van der Waals surface area (Å²) in [5, 5.41) is 3.28. The van der Waals surface area contributed by atoms with Crippen molar-refractivity contribution >= 4 is 11.0 Å². The van der Waals surface area contributed by atoms with E-state index < -0.39 is 0 Å². The van der Waals surface area contributed by atoms with Crippen molar-refractivity contribution in [3.8, 4) is 0 Å². The average molecular weight is 255 g/mol. The number of furan rings is 1. The molecule has 1 atom stereocenters. The van der Waals surface area contributed by atoms with Gasteiger partial charge in [0, 0.05) is 13.5 Å². The zero-order valence-electron chi connectivity index (χ0n) is 11.1. The Morgan fingerprint density at radius 1 is 1.26 bits per heavy atom. The third-order valence-electron chi connectivity index (χ3n) is 3.50. The first-order chi connectivity index (χ1) is 9.29. The molecule has 98 valence electrons. The number of aromatic nitrogens is 2. The Hall–Kier alpha value is -2.07. The summed E-state index contributed by atoms with van der Waals surface area (Å²) in [7, 11) is 4.00. The molecule has 0 saturated heterocycles. The molecule has 1 aromatic carbocycles. The van der Waals surface area contributed by atoms with Gasteiger partial charge in [0.15, 0.2) is 0 Å². The Morgan fingerprint density at radius 3 is 2.79 bits per heavy atom. The minimum absolute atomic E-state index is 0.144. The topological polar surface area (TPSA) is 43.0 Å². The lowest BCUT2D eigenvalue weighted by molar-refractivity contribution is 0.423. The van der Waals surface area contributed by atoms with Crippen LogP contribution >= 0.6 is 0 Å². The van der Waals surface area contributed by atoms with Crippen LogP contribution in [-0.2, 0) is 13.5 Å². The van der Waals surface area contributed by atoms with Crippen molar-refractivity contribution in [3.63, 3.8) is 0 Å². The van der Waals surface area contributed by atoms with E-state index in [1.807, 2.05) is 37.4 Å². The maximum Gasteiger partial charge on any atom is 0.121 e. The number of imidazole rings is 1. The molecular formula is C15H17N3O. The van der Waals surface area contributed by atoms with Crippen LogP contribution in [0.1, 0.15) is 17.6 Å². The third kappa shape index (κ3) is 2.15. The van der Waals surface area contributed by atoms with Gasteiger partial charge in [-0.05, 0) is 31.3 Å². The number of aryl methyl sites for hydroxylation is 1. The fourth-order valence-electron chi connectivity index (χ4n) is 2.40. The lowest BCUT2D eigenvalue weighted by Gasteiger charge is -2.13. The summed E-state index contributed by atoms with van der Waals surface area (Å²) in [6, 6.07) is 12.2. The van der Waals surface area contributed by atoms with Crippen LogP contribution in [0.3, 0.4) is 0 Å². The number of nitrogens with zero attached hydrogens (tertiary/aromatic N) is 2. The second kappa shape index (κ2) is 4.90. The number of nitrogens with one attached hydrogen (secondary N) is 1. The van der Waals surface area contributed by atoms with Crippen LogP contribution in [0.25, 0.3) is 11.0 Å². The molecule has 0 amide bonds. The molecule has 3 aromatic rings. The summed E-state index contributed by atoms with van der Waals surface area (Å²) in [4.78, 5) is 4.69. The first-order valence-corrected chi connectivity index (χ1v) is 6.40. The second-order valence-corrected chi connectivity index (χ2v) is 4.64. The molecule has 2 heterocycles. The summed E-state index contributed by atoms with van der Waals surface area (Å²) in [5.74, 6) is 1.99. The highest BCUT2D eigenvalue weighted by Crippen LogP contribution is 2.21. The van der Waals surface area contributed by atoms with Gasteiger partial charge < -0.3 is 14.3 Å². The van der Waals surface area contributed by atoms with Crippen LogP contribution in [0, 0.1) is 0 Å². The summed E-state index contributed by atoms with van der Waals surface area (Å²) >= 11 is 0. The van der Waals surface area contributed by atoms with Gasteiger partial charge >= 0.3 is 0 Å². The van der Waals surface area contributed by atoms with E-state index in [1.165, 1.54) is 0 Å². The quantitative estimate of drug-likeness (QED) is 0.779. The van der Waals surface area contributed by atoms with E-state index in [2.05, 4.69) is 23.0 Å². The van der Waals surface area contributed by atoms with E-state index in [0.717, 1.165) is 29.0 Å². The molecule has 0 saturated carbocycles. The Balaban J connectivity index is 1.94. The van der Waals surface area contributed by atoms with Crippen LogP contribution in [0.2, 0.25) is 0 Å². The van der Waals surface area contributed by atoms with E-state index in [-0.39, 0.29) is 6.04 Å². The van der Waals surface area contributed by atoms with Crippen molar-refractivity contribution in [1.82, 2.24) is 14.9 Å². The molecule has 0 radical (unpaired) electrons. The lowest BCUT2D eigenvalue weighted by atomic mass is 10.1. The number of hydrogen-bond acceptors (Lipinski definition) is 3. The minimum Gasteiger partial charge on any atom is -0.468 e. The summed E-state index contributed by atoms with van der Waals surface area (Å²) in [6.45, 7) is 0. The molecule has 0 spiro atoms. The van der Waals surface area contributed by atoms with Gasteiger partial charge in [0.25, 0.3) is 0 Å². The van der Waals surface area contributed by atoms with Crippen molar-refractivity contribution in [2.45, 2.75) is 12.5 Å². The van der Waals surface area contributed by atoms with E-state index in [1.54, 1.807) is 6.26 Å². The normalized spacial score (nSPS) is 12.9. The molecule has 0 bridgehead atoms. The van der Waals surface area contributed by atoms with Gasteiger partial charge in [-0.2, -0.15) is 0 Å². The molecule has 19 heavy (non-hydrogen) atoms. The van der Waals surface area contributed by atoms with E-state index in [0.29, 0.717) is 0 Å². The number of rotatable bonds is 4. The largest absolute Gasteiger partial charge is 0.468 e. The highest BCUT2D eigenvalue weighted by Gasteiger charge is 2.16. The van der Waals surface area contributed by atoms with Crippen molar-refractivity contribution in [2.24, 2.45) is 7.05 Å². The second-order valence-electron chi connectivity index (χ2n) is 4.64. The molecule has 4 heteroatoms. The van der Waals surface area contributed by atoms with Crippen molar-refractivity contribution in [1.29, 1.82) is 0 Å². The molecule has 2 aromatic heterocycles. The molecule has 0 aliphatic rings. The summed E-state index contributed by atoms with van der Waals surface area (Å²) in [5.41, 5.74) is 2.20. The van der Waals surface area contributed by atoms with Crippen LogP contribution in [0.5, 0.6) is 0 Å². The fourth-order valence-corrected chi connectivity index (χ4v) is 2.40. The Labute approximate surface area is 112 Å². The molecule has 1 unspecified atom stereocenters. The SMILES string of the molecule is CNC(Cc1nc2ccccc2n1C)c1ccco1. The first kappa shape index (κ1) is 12.0.